The number of nitrogens with one attached hydrogen (secondary N) is 1. The van der Waals surface area contributed by atoms with Crippen LogP contribution < -0.4 is 5.32 Å². The van der Waals surface area contributed by atoms with E-state index in [4.69, 9.17) is 5.11 Å². The molecule has 0 aliphatic heterocycles. The zero-order valence-electron chi connectivity index (χ0n) is 10.8. The highest BCUT2D eigenvalue weighted by atomic mass is 16.4. The average Bonchev–Trinajstić information content (AvgIpc) is 2.23. The molecule has 0 spiro atoms. The molecule has 0 aromatic heterocycles. The van der Waals surface area contributed by atoms with Gasteiger partial charge < -0.3 is 15.3 Å². The van der Waals surface area contributed by atoms with Crippen LogP contribution in [0.5, 0.6) is 0 Å². The second kappa shape index (κ2) is 7.70. The van der Waals surface area contributed by atoms with Crippen LogP contribution in [0.1, 0.15) is 33.6 Å². The Morgan fingerprint density at radius 3 is 2.35 bits per heavy atom. The van der Waals surface area contributed by atoms with Gasteiger partial charge in [0.2, 0.25) is 0 Å². The molecule has 17 heavy (non-hydrogen) atoms. The molecule has 0 saturated heterocycles. The van der Waals surface area contributed by atoms with Gasteiger partial charge in [-0.05, 0) is 20.3 Å². The molecule has 0 aromatic carbocycles. The van der Waals surface area contributed by atoms with E-state index in [0.717, 1.165) is 5.57 Å². The Morgan fingerprint density at radius 1 is 1.41 bits per heavy atom. The van der Waals surface area contributed by atoms with Gasteiger partial charge in [0.05, 0.1) is 6.42 Å². The lowest BCUT2D eigenvalue weighted by molar-refractivity contribution is -0.137. The maximum atomic E-state index is 11.8. The lowest BCUT2D eigenvalue weighted by Crippen LogP contribution is -2.45. The molecule has 0 rings (SSSR count). The molecule has 1 unspecified atom stereocenters. The molecular formula is C12H22N2O3. The summed E-state index contributed by atoms with van der Waals surface area (Å²) in [6.45, 7) is 10.4. The fourth-order valence-electron chi connectivity index (χ4n) is 1.43. The molecule has 0 fully saturated rings. The van der Waals surface area contributed by atoms with Crippen LogP contribution in [0.3, 0.4) is 0 Å². The van der Waals surface area contributed by atoms with Gasteiger partial charge in [-0.1, -0.05) is 19.1 Å². The van der Waals surface area contributed by atoms with Crippen molar-refractivity contribution in [1.29, 1.82) is 0 Å². The molecule has 98 valence electrons. The van der Waals surface area contributed by atoms with Crippen LogP contribution in [-0.2, 0) is 4.79 Å². The van der Waals surface area contributed by atoms with Crippen molar-refractivity contribution in [2.24, 2.45) is 0 Å². The van der Waals surface area contributed by atoms with Gasteiger partial charge in [-0.15, -0.1) is 0 Å². The highest BCUT2D eigenvalue weighted by molar-refractivity contribution is 5.76. The summed E-state index contributed by atoms with van der Waals surface area (Å²) >= 11 is 0. The Morgan fingerprint density at radius 2 is 2.00 bits per heavy atom. The zero-order valence-corrected chi connectivity index (χ0v) is 10.8. The van der Waals surface area contributed by atoms with Crippen molar-refractivity contribution < 1.29 is 14.7 Å². The third-order valence-corrected chi connectivity index (χ3v) is 2.37. The second-order valence-electron chi connectivity index (χ2n) is 4.12. The van der Waals surface area contributed by atoms with Gasteiger partial charge >= 0.3 is 12.0 Å². The van der Waals surface area contributed by atoms with Crippen LogP contribution in [0.15, 0.2) is 12.2 Å². The predicted molar refractivity (Wildman–Crippen MR) is 66.9 cm³/mol. The summed E-state index contributed by atoms with van der Waals surface area (Å²) < 4.78 is 0. The van der Waals surface area contributed by atoms with Gasteiger partial charge in [0.15, 0.2) is 0 Å². The number of carboxylic acids is 1. The SMILES string of the molecule is C=C(C)CN(CC)C(=O)NC(CC)CC(=O)O. The van der Waals surface area contributed by atoms with Crippen molar-refractivity contribution >= 4 is 12.0 Å². The Balaban J connectivity index is 4.36. The van der Waals surface area contributed by atoms with Crippen LogP contribution in [0.2, 0.25) is 0 Å². The van der Waals surface area contributed by atoms with Gasteiger partial charge in [-0.3, -0.25) is 4.79 Å². The highest BCUT2D eigenvalue weighted by Gasteiger charge is 2.17. The average molecular weight is 242 g/mol. The minimum Gasteiger partial charge on any atom is -0.481 e. The molecule has 1 atom stereocenters. The number of rotatable bonds is 7. The van der Waals surface area contributed by atoms with Crippen LogP contribution in [0.25, 0.3) is 0 Å². The van der Waals surface area contributed by atoms with E-state index in [-0.39, 0.29) is 18.5 Å². The maximum Gasteiger partial charge on any atom is 0.317 e. The number of carbonyl (C=O) groups is 2. The molecule has 0 aromatic rings. The topological polar surface area (TPSA) is 69.6 Å². The van der Waals surface area contributed by atoms with Crippen molar-refractivity contribution in [3.8, 4) is 0 Å². The molecule has 0 saturated carbocycles. The number of urea groups is 1. The minimum atomic E-state index is -0.903. The zero-order chi connectivity index (χ0) is 13.4. The Kier molecular flexibility index (Phi) is 7.02. The first-order valence-electron chi connectivity index (χ1n) is 5.82. The fourth-order valence-corrected chi connectivity index (χ4v) is 1.43. The summed E-state index contributed by atoms with van der Waals surface area (Å²) in [6, 6.07) is -0.553. The van der Waals surface area contributed by atoms with E-state index >= 15 is 0 Å². The standard InChI is InChI=1S/C12H22N2O3/c1-5-10(7-11(15)16)13-12(17)14(6-2)8-9(3)4/h10H,3,5-8H2,1-2,4H3,(H,13,17)(H,15,16). The van der Waals surface area contributed by atoms with E-state index in [0.29, 0.717) is 19.5 Å². The maximum absolute atomic E-state index is 11.8. The first kappa shape index (κ1) is 15.5. The summed E-state index contributed by atoms with van der Waals surface area (Å²) in [4.78, 5) is 24.0. The van der Waals surface area contributed by atoms with E-state index in [2.05, 4.69) is 11.9 Å². The van der Waals surface area contributed by atoms with E-state index in [1.165, 1.54) is 0 Å². The van der Waals surface area contributed by atoms with Gasteiger partial charge in [-0.2, -0.15) is 0 Å². The van der Waals surface area contributed by atoms with Crippen molar-refractivity contribution in [2.75, 3.05) is 13.1 Å². The monoisotopic (exact) mass is 242 g/mol. The molecular weight excluding hydrogens is 220 g/mol. The van der Waals surface area contributed by atoms with Gasteiger partial charge in [0, 0.05) is 19.1 Å². The van der Waals surface area contributed by atoms with E-state index in [1.54, 1.807) is 4.90 Å². The number of carboxylic acid groups (broad SMARTS) is 1. The van der Waals surface area contributed by atoms with Crippen molar-refractivity contribution in [3.63, 3.8) is 0 Å². The first-order chi connectivity index (χ1) is 7.90. The Bertz CT molecular complexity index is 289. The summed E-state index contributed by atoms with van der Waals surface area (Å²) in [7, 11) is 0. The number of aliphatic carboxylic acids is 1. The largest absolute Gasteiger partial charge is 0.481 e. The number of likely N-dealkylation sites (N-methyl/N-ethyl adjacent to an activating group) is 1. The number of hydrogen-bond acceptors (Lipinski definition) is 2. The molecule has 2 amide bonds. The smallest absolute Gasteiger partial charge is 0.317 e. The summed E-state index contributed by atoms with van der Waals surface area (Å²) in [6.07, 6.45) is 0.551. The molecule has 5 heteroatoms. The fraction of sp³-hybridized carbons (Fsp3) is 0.667. The molecule has 2 N–H and O–H groups in total. The molecule has 5 nitrogen and oxygen atoms in total. The number of amides is 2. The Labute approximate surface area is 102 Å². The molecule has 0 heterocycles. The van der Waals surface area contributed by atoms with Gasteiger partial charge in [0.1, 0.15) is 0 Å². The van der Waals surface area contributed by atoms with E-state index in [1.807, 2.05) is 20.8 Å². The quantitative estimate of drug-likeness (QED) is 0.669. The van der Waals surface area contributed by atoms with Crippen molar-refractivity contribution in [3.05, 3.63) is 12.2 Å². The lowest BCUT2D eigenvalue weighted by Gasteiger charge is -2.24. The van der Waals surface area contributed by atoms with Crippen molar-refractivity contribution in [2.45, 2.75) is 39.7 Å². The molecule has 0 bridgehead atoms. The molecule has 0 aliphatic carbocycles. The van der Waals surface area contributed by atoms with Gasteiger partial charge in [-0.25, -0.2) is 4.79 Å². The van der Waals surface area contributed by atoms with Crippen LogP contribution in [0.4, 0.5) is 4.79 Å². The van der Waals surface area contributed by atoms with Crippen LogP contribution in [0, 0.1) is 0 Å². The molecule has 0 radical (unpaired) electrons. The van der Waals surface area contributed by atoms with E-state index < -0.39 is 5.97 Å². The third-order valence-electron chi connectivity index (χ3n) is 2.37. The number of carbonyl (C=O) groups excluding carboxylic acids is 1. The Hall–Kier alpha value is -1.52. The highest BCUT2D eigenvalue weighted by Crippen LogP contribution is 2.01. The number of nitrogens with zero attached hydrogens (tertiary/aromatic N) is 1. The van der Waals surface area contributed by atoms with Gasteiger partial charge in [0.25, 0.3) is 0 Å². The summed E-state index contributed by atoms with van der Waals surface area (Å²) in [5, 5.41) is 11.4. The van der Waals surface area contributed by atoms with Crippen LogP contribution in [-0.4, -0.2) is 41.1 Å². The lowest BCUT2D eigenvalue weighted by atomic mass is 10.1. The third kappa shape index (κ3) is 6.60. The molecule has 0 aliphatic rings. The summed E-state index contributed by atoms with van der Waals surface area (Å²) in [5.74, 6) is -0.903. The number of hydrogen-bond donors (Lipinski definition) is 2. The van der Waals surface area contributed by atoms with Crippen LogP contribution >= 0.6 is 0 Å². The minimum absolute atomic E-state index is 0.0487. The first-order valence-corrected chi connectivity index (χ1v) is 5.82. The van der Waals surface area contributed by atoms with Crippen molar-refractivity contribution in [1.82, 2.24) is 10.2 Å². The predicted octanol–water partition coefficient (Wildman–Crippen LogP) is 1.85. The normalized spacial score (nSPS) is 11.7. The second-order valence-corrected chi connectivity index (χ2v) is 4.12. The van der Waals surface area contributed by atoms with E-state index in [9.17, 15) is 9.59 Å². The summed E-state index contributed by atoms with van der Waals surface area (Å²) in [5.41, 5.74) is 0.897.